The molecule has 1 heterocycles. The summed E-state index contributed by atoms with van der Waals surface area (Å²) in [7, 11) is 0. The van der Waals surface area contributed by atoms with E-state index in [4.69, 9.17) is 5.73 Å². The van der Waals surface area contributed by atoms with Crippen LogP contribution in [0.25, 0.3) is 0 Å². The van der Waals surface area contributed by atoms with Crippen LogP contribution >= 0.6 is 11.8 Å². The van der Waals surface area contributed by atoms with Crippen molar-refractivity contribution in [1.29, 1.82) is 0 Å². The van der Waals surface area contributed by atoms with E-state index in [0.717, 1.165) is 13.0 Å². The monoisotopic (exact) mass is 278 g/mol. The van der Waals surface area contributed by atoms with Crippen LogP contribution in [0, 0.1) is 6.92 Å². The van der Waals surface area contributed by atoms with Gasteiger partial charge in [0, 0.05) is 24.4 Å². The Labute approximate surface area is 121 Å². The Morgan fingerprint density at radius 1 is 1.21 bits per heavy atom. The second-order valence-electron chi connectivity index (χ2n) is 5.43. The molecule has 0 saturated carbocycles. The van der Waals surface area contributed by atoms with Gasteiger partial charge in [-0.2, -0.15) is 11.8 Å². The molecule has 0 radical (unpaired) electrons. The smallest absolute Gasteiger partial charge is 0.0499 e. The molecule has 3 heteroatoms. The number of aryl methyl sites for hydroxylation is 1. The van der Waals surface area contributed by atoms with Gasteiger partial charge in [-0.25, -0.2) is 0 Å². The molecule has 1 aliphatic rings. The number of benzene rings is 1. The summed E-state index contributed by atoms with van der Waals surface area (Å²) in [5.74, 6) is 2.53. The molecule has 2 N–H and O–H groups in total. The molecule has 2 rings (SSSR count). The standard InChI is InChI=1S/C16H26N2S/c1-3-15(17)16(14-7-5-13(2)6-8-14)18-9-4-11-19-12-10-18/h5-8,15-16H,3-4,9-12,17H2,1-2H3. The van der Waals surface area contributed by atoms with E-state index in [2.05, 4.69) is 54.8 Å². The molecule has 0 spiro atoms. The lowest BCUT2D eigenvalue weighted by atomic mass is 9.95. The van der Waals surface area contributed by atoms with Gasteiger partial charge in [-0.1, -0.05) is 36.8 Å². The zero-order valence-electron chi connectivity index (χ0n) is 12.1. The van der Waals surface area contributed by atoms with Crippen molar-refractivity contribution < 1.29 is 0 Å². The van der Waals surface area contributed by atoms with Crippen LogP contribution in [0.3, 0.4) is 0 Å². The average Bonchev–Trinajstić information content (AvgIpc) is 2.70. The van der Waals surface area contributed by atoms with E-state index in [1.165, 1.54) is 35.6 Å². The number of hydrogen-bond acceptors (Lipinski definition) is 3. The number of hydrogen-bond donors (Lipinski definition) is 1. The maximum absolute atomic E-state index is 6.42. The topological polar surface area (TPSA) is 29.3 Å². The second-order valence-corrected chi connectivity index (χ2v) is 6.65. The van der Waals surface area contributed by atoms with Crippen molar-refractivity contribution in [1.82, 2.24) is 4.90 Å². The molecule has 1 fully saturated rings. The first-order chi connectivity index (χ1) is 9.22. The Morgan fingerprint density at radius 2 is 1.95 bits per heavy atom. The van der Waals surface area contributed by atoms with E-state index in [-0.39, 0.29) is 6.04 Å². The molecule has 2 nitrogen and oxygen atoms in total. The molecule has 2 atom stereocenters. The molecule has 0 bridgehead atoms. The van der Waals surface area contributed by atoms with Crippen molar-refractivity contribution >= 4 is 11.8 Å². The summed E-state index contributed by atoms with van der Waals surface area (Å²) < 4.78 is 0. The minimum Gasteiger partial charge on any atom is -0.326 e. The molecule has 1 saturated heterocycles. The lowest BCUT2D eigenvalue weighted by Crippen LogP contribution is -2.42. The number of nitrogens with zero attached hydrogens (tertiary/aromatic N) is 1. The molecule has 0 aromatic heterocycles. The number of rotatable bonds is 4. The van der Waals surface area contributed by atoms with Crippen LogP contribution in [-0.2, 0) is 0 Å². The van der Waals surface area contributed by atoms with Gasteiger partial charge in [0.2, 0.25) is 0 Å². The minimum absolute atomic E-state index is 0.228. The zero-order valence-corrected chi connectivity index (χ0v) is 13.0. The highest BCUT2D eigenvalue weighted by Gasteiger charge is 2.26. The number of nitrogens with two attached hydrogens (primary N) is 1. The fraction of sp³-hybridized carbons (Fsp3) is 0.625. The van der Waals surface area contributed by atoms with Gasteiger partial charge in [-0.15, -0.1) is 0 Å². The van der Waals surface area contributed by atoms with Gasteiger partial charge in [0.15, 0.2) is 0 Å². The molecule has 0 amide bonds. The van der Waals surface area contributed by atoms with Crippen molar-refractivity contribution in [3.05, 3.63) is 35.4 Å². The highest BCUT2D eigenvalue weighted by molar-refractivity contribution is 7.99. The third-order valence-electron chi connectivity index (χ3n) is 3.95. The van der Waals surface area contributed by atoms with Gasteiger partial charge in [0.1, 0.15) is 0 Å². The maximum Gasteiger partial charge on any atom is 0.0499 e. The maximum atomic E-state index is 6.42. The fourth-order valence-electron chi connectivity index (χ4n) is 2.76. The van der Waals surface area contributed by atoms with Crippen molar-refractivity contribution in [3.8, 4) is 0 Å². The molecule has 106 valence electrons. The van der Waals surface area contributed by atoms with Gasteiger partial charge in [-0.05, 0) is 37.6 Å². The largest absolute Gasteiger partial charge is 0.326 e. The molecule has 0 aliphatic carbocycles. The van der Waals surface area contributed by atoms with E-state index in [1.54, 1.807) is 0 Å². The molecular formula is C16H26N2S. The first kappa shape index (κ1) is 14.9. The van der Waals surface area contributed by atoms with Crippen LogP contribution in [0.1, 0.15) is 36.9 Å². The SMILES string of the molecule is CCC(N)C(c1ccc(C)cc1)N1CCCSCC1. The Kier molecular flexibility index (Phi) is 5.74. The predicted octanol–water partition coefficient (Wildman–Crippen LogP) is 3.21. The van der Waals surface area contributed by atoms with Crippen LogP contribution in [0.2, 0.25) is 0 Å². The summed E-state index contributed by atoms with van der Waals surface area (Å²) >= 11 is 2.07. The normalized spacial score (nSPS) is 20.8. The van der Waals surface area contributed by atoms with E-state index in [0.29, 0.717) is 6.04 Å². The summed E-state index contributed by atoms with van der Waals surface area (Å²) in [5, 5.41) is 0. The van der Waals surface area contributed by atoms with Gasteiger partial charge in [-0.3, -0.25) is 4.90 Å². The van der Waals surface area contributed by atoms with Crippen LogP contribution in [0.4, 0.5) is 0 Å². The highest BCUT2D eigenvalue weighted by Crippen LogP contribution is 2.27. The van der Waals surface area contributed by atoms with Crippen molar-refractivity contribution in [2.75, 3.05) is 24.6 Å². The van der Waals surface area contributed by atoms with Gasteiger partial charge < -0.3 is 5.73 Å². The predicted molar refractivity (Wildman–Crippen MR) is 85.7 cm³/mol. The van der Waals surface area contributed by atoms with E-state index in [1.807, 2.05) is 0 Å². The lowest BCUT2D eigenvalue weighted by molar-refractivity contribution is 0.182. The fourth-order valence-corrected chi connectivity index (χ4v) is 3.66. The second kappa shape index (κ2) is 7.32. The van der Waals surface area contributed by atoms with Crippen molar-refractivity contribution in [2.24, 2.45) is 5.73 Å². The van der Waals surface area contributed by atoms with Gasteiger partial charge >= 0.3 is 0 Å². The molecule has 19 heavy (non-hydrogen) atoms. The van der Waals surface area contributed by atoms with Crippen LogP contribution in [-0.4, -0.2) is 35.5 Å². The molecule has 1 aromatic carbocycles. The molecule has 2 unspecified atom stereocenters. The summed E-state index contributed by atoms with van der Waals surface area (Å²) in [4.78, 5) is 2.60. The summed E-state index contributed by atoms with van der Waals surface area (Å²) in [6, 6.07) is 9.53. The van der Waals surface area contributed by atoms with E-state index >= 15 is 0 Å². The van der Waals surface area contributed by atoms with E-state index in [9.17, 15) is 0 Å². The van der Waals surface area contributed by atoms with Crippen LogP contribution in [0.15, 0.2) is 24.3 Å². The minimum atomic E-state index is 0.228. The first-order valence-corrected chi connectivity index (χ1v) is 8.51. The average molecular weight is 278 g/mol. The summed E-state index contributed by atoms with van der Waals surface area (Å²) in [6.07, 6.45) is 2.31. The summed E-state index contributed by atoms with van der Waals surface area (Å²) in [6.45, 7) is 6.68. The quantitative estimate of drug-likeness (QED) is 0.917. The van der Waals surface area contributed by atoms with Crippen molar-refractivity contribution in [2.45, 2.75) is 38.8 Å². The Bertz CT molecular complexity index is 369. The number of thioether (sulfide) groups is 1. The lowest BCUT2D eigenvalue weighted by Gasteiger charge is -2.34. The third-order valence-corrected chi connectivity index (χ3v) is 4.99. The van der Waals surface area contributed by atoms with Gasteiger partial charge in [0.05, 0.1) is 0 Å². The Morgan fingerprint density at radius 3 is 2.63 bits per heavy atom. The molecule has 1 aromatic rings. The van der Waals surface area contributed by atoms with Crippen molar-refractivity contribution in [3.63, 3.8) is 0 Å². The first-order valence-electron chi connectivity index (χ1n) is 7.36. The van der Waals surface area contributed by atoms with Crippen LogP contribution in [0.5, 0.6) is 0 Å². The zero-order chi connectivity index (χ0) is 13.7. The Hall–Kier alpha value is -0.510. The Balaban J connectivity index is 2.21. The summed E-state index contributed by atoms with van der Waals surface area (Å²) in [5.41, 5.74) is 9.12. The highest BCUT2D eigenvalue weighted by atomic mass is 32.2. The van der Waals surface area contributed by atoms with E-state index < -0.39 is 0 Å². The van der Waals surface area contributed by atoms with Gasteiger partial charge in [0.25, 0.3) is 0 Å². The third kappa shape index (κ3) is 3.98. The molecular weight excluding hydrogens is 252 g/mol. The van der Waals surface area contributed by atoms with Crippen LogP contribution < -0.4 is 5.73 Å². The molecule has 1 aliphatic heterocycles.